The molecule has 1 fully saturated rings. The van der Waals surface area contributed by atoms with Crippen molar-refractivity contribution in [2.45, 2.75) is 19.0 Å². The van der Waals surface area contributed by atoms with E-state index in [-0.39, 0.29) is 12.6 Å². The van der Waals surface area contributed by atoms with Crippen molar-refractivity contribution in [3.05, 3.63) is 58.6 Å². The van der Waals surface area contributed by atoms with Crippen molar-refractivity contribution in [3.8, 4) is 11.5 Å². The fourth-order valence-corrected chi connectivity index (χ4v) is 3.70. The van der Waals surface area contributed by atoms with Crippen LogP contribution in [0.4, 0.5) is 4.79 Å². The first kappa shape index (κ1) is 21.0. The molecule has 1 unspecified atom stereocenters. The number of ether oxygens (including phenoxy) is 2. The van der Waals surface area contributed by atoms with Gasteiger partial charge in [0.1, 0.15) is 23.6 Å². The summed E-state index contributed by atoms with van der Waals surface area (Å²) in [5, 5.41) is 3.43. The molecule has 0 saturated carbocycles. The van der Waals surface area contributed by atoms with E-state index in [2.05, 4.69) is 5.32 Å². The minimum absolute atomic E-state index is 0.208. The molecule has 1 aliphatic heterocycles. The average molecular weight is 419 g/mol. The summed E-state index contributed by atoms with van der Waals surface area (Å²) in [6.07, 6.45) is 0. The molecule has 29 heavy (non-hydrogen) atoms. The van der Waals surface area contributed by atoms with E-state index in [4.69, 9.17) is 21.1 Å². The molecule has 3 amide bonds. The van der Waals surface area contributed by atoms with Crippen molar-refractivity contribution in [1.82, 2.24) is 10.2 Å². The Kier molecular flexibility index (Phi) is 6.00. The molecular weight excluding hydrogens is 394 g/mol. The molecule has 154 valence electrons. The van der Waals surface area contributed by atoms with Crippen molar-refractivity contribution < 1.29 is 24.0 Å². The normalized spacial score (nSPS) is 19.8. The number of rotatable bonds is 7. The number of quaternary nitrogens is 1. The minimum atomic E-state index is -1.14. The highest BCUT2D eigenvalue weighted by Gasteiger charge is 2.50. The highest BCUT2D eigenvalue weighted by molar-refractivity contribution is 6.30. The predicted molar refractivity (Wildman–Crippen MR) is 109 cm³/mol. The number of methoxy groups -OCH3 is 2. The number of imide groups is 1. The van der Waals surface area contributed by atoms with Crippen LogP contribution in [0.15, 0.2) is 42.5 Å². The summed E-state index contributed by atoms with van der Waals surface area (Å²) in [6.45, 7) is 2.45. The summed E-state index contributed by atoms with van der Waals surface area (Å²) >= 11 is 6.10. The van der Waals surface area contributed by atoms with Gasteiger partial charge in [-0.25, -0.2) is 9.69 Å². The van der Waals surface area contributed by atoms with Gasteiger partial charge in [-0.15, -0.1) is 0 Å². The zero-order valence-electron chi connectivity index (χ0n) is 16.9. The standard InChI is InChI=1S/C21H24ClN3O4/c1-21(15-6-5-7-17(11-15)28-3)19(26)25(20(27)23-21)13-24(2)12-14-10-16(22)8-9-18(14)29-4/h5-11H,12-13H2,1-4H3,(H,23,27)/p+1/t21-/m0/s1. The quantitative estimate of drug-likeness (QED) is 0.672. The number of halogens is 1. The van der Waals surface area contributed by atoms with Crippen LogP contribution in [0.3, 0.4) is 0 Å². The maximum absolute atomic E-state index is 13.1. The lowest BCUT2D eigenvalue weighted by atomic mass is 9.92. The highest BCUT2D eigenvalue weighted by atomic mass is 35.5. The number of carbonyl (C=O) groups excluding carboxylic acids is 2. The van der Waals surface area contributed by atoms with E-state index in [0.717, 1.165) is 10.5 Å². The van der Waals surface area contributed by atoms with E-state index in [1.807, 2.05) is 13.1 Å². The number of amides is 3. The van der Waals surface area contributed by atoms with Crippen LogP contribution in [0.5, 0.6) is 11.5 Å². The second-order valence-corrected chi connectivity index (χ2v) is 7.70. The predicted octanol–water partition coefficient (Wildman–Crippen LogP) is 1.80. The summed E-state index contributed by atoms with van der Waals surface area (Å²) in [7, 11) is 5.06. The molecule has 2 N–H and O–H groups in total. The van der Waals surface area contributed by atoms with Gasteiger partial charge in [0, 0.05) is 10.6 Å². The van der Waals surface area contributed by atoms with E-state index >= 15 is 0 Å². The fourth-order valence-electron chi connectivity index (χ4n) is 3.51. The van der Waals surface area contributed by atoms with Gasteiger partial charge in [0.2, 0.25) is 0 Å². The first-order valence-electron chi connectivity index (χ1n) is 9.21. The molecule has 2 aromatic carbocycles. The first-order chi connectivity index (χ1) is 13.8. The number of hydrogen-bond acceptors (Lipinski definition) is 4. The molecule has 2 aromatic rings. The molecule has 0 aromatic heterocycles. The topological polar surface area (TPSA) is 72.3 Å². The number of nitrogens with zero attached hydrogens (tertiary/aromatic N) is 1. The average Bonchev–Trinajstić information content (AvgIpc) is 2.92. The number of benzene rings is 2. The summed E-state index contributed by atoms with van der Waals surface area (Å²) in [5.41, 5.74) is 0.437. The van der Waals surface area contributed by atoms with E-state index < -0.39 is 11.6 Å². The summed E-state index contributed by atoms with van der Waals surface area (Å²) in [6, 6.07) is 12.1. The SMILES string of the molecule is COc1cccc([C@]2(C)NC(=O)N(C[NH+](C)Cc3cc(Cl)ccc3OC)C2=O)c1. The van der Waals surface area contributed by atoms with Gasteiger partial charge in [0.15, 0.2) is 6.67 Å². The first-order valence-corrected chi connectivity index (χ1v) is 9.58. The van der Waals surface area contributed by atoms with Gasteiger partial charge in [-0.1, -0.05) is 23.7 Å². The van der Waals surface area contributed by atoms with Gasteiger partial charge < -0.3 is 19.7 Å². The van der Waals surface area contributed by atoms with E-state index in [1.165, 1.54) is 4.90 Å². The molecule has 2 atom stereocenters. The van der Waals surface area contributed by atoms with Crippen LogP contribution in [0.25, 0.3) is 0 Å². The molecule has 0 radical (unpaired) electrons. The Hall–Kier alpha value is -2.77. The van der Waals surface area contributed by atoms with Crippen molar-refractivity contribution in [1.29, 1.82) is 0 Å². The highest BCUT2D eigenvalue weighted by Crippen LogP contribution is 2.30. The lowest BCUT2D eigenvalue weighted by Gasteiger charge is -2.24. The Labute approximate surface area is 175 Å². The monoisotopic (exact) mass is 418 g/mol. The van der Waals surface area contributed by atoms with E-state index in [1.54, 1.807) is 57.5 Å². The van der Waals surface area contributed by atoms with Crippen molar-refractivity contribution >= 4 is 23.5 Å². The van der Waals surface area contributed by atoms with Gasteiger partial charge >= 0.3 is 6.03 Å². The molecule has 1 saturated heterocycles. The van der Waals surface area contributed by atoms with Crippen LogP contribution in [0, 0.1) is 0 Å². The van der Waals surface area contributed by atoms with Crippen molar-refractivity contribution in [2.24, 2.45) is 0 Å². The molecule has 3 rings (SSSR count). The molecule has 0 spiro atoms. The number of nitrogens with one attached hydrogen (secondary N) is 2. The molecule has 8 heteroatoms. The minimum Gasteiger partial charge on any atom is -0.497 e. The Balaban J connectivity index is 1.77. The van der Waals surface area contributed by atoms with Gasteiger partial charge in [-0.2, -0.15) is 0 Å². The number of urea groups is 1. The van der Waals surface area contributed by atoms with Crippen LogP contribution in [0.1, 0.15) is 18.1 Å². The van der Waals surface area contributed by atoms with Gasteiger partial charge in [0.05, 0.1) is 21.3 Å². The zero-order valence-corrected chi connectivity index (χ0v) is 17.7. The second kappa shape index (κ2) is 8.31. The Morgan fingerprint density at radius 3 is 2.59 bits per heavy atom. The lowest BCUT2D eigenvalue weighted by molar-refractivity contribution is -0.901. The zero-order chi connectivity index (χ0) is 21.2. The summed E-state index contributed by atoms with van der Waals surface area (Å²) in [5.74, 6) is 1.04. The molecule has 1 aliphatic rings. The van der Waals surface area contributed by atoms with Crippen molar-refractivity contribution in [3.63, 3.8) is 0 Å². The Morgan fingerprint density at radius 1 is 1.14 bits per heavy atom. The third-order valence-electron chi connectivity index (χ3n) is 5.08. The third-order valence-corrected chi connectivity index (χ3v) is 5.32. The second-order valence-electron chi connectivity index (χ2n) is 7.27. The molecule has 0 aliphatic carbocycles. The molecule has 7 nitrogen and oxygen atoms in total. The van der Waals surface area contributed by atoms with Crippen LogP contribution in [-0.4, -0.2) is 44.8 Å². The largest absolute Gasteiger partial charge is 0.497 e. The Morgan fingerprint density at radius 2 is 1.90 bits per heavy atom. The van der Waals surface area contributed by atoms with E-state index in [0.29, 0.717) is 28.6 Å². The van der Waals surface area contributed by atoms with Gasteiger partial charge in [-0.05, 0) is 42.8 Å². The van der Waals surface area contributed by atoms with Crippen LogP contribution < -0.4 is 19.7 Å². The van der Waals surface area contributed by atoms with Gasteiger partial charge in [-0.3, -0.25) is 4.79 Å². The van der Waals surface area contributed by atoms with Crippen LogP contribution in [0.2, 0.25) is 5.02 Å². The van der Waals surface area contributed by atoms with Gasteiger partial charge in [0.25, 0.3) is 5.91 Å². The third kappa shape index (κ3) is 4.16. The smallest absolute Gasteiger partial charge is 0.329 e. The molecule has 1 heterocycles. The maximum atomic E-state index is 13.1. The number of carbonyl (C=O) groups is 2. The van der Waals surface area contributed by atoms with E-state index in [9.17, 15) is 9.59 Å². The Bertz CT molecular complexity index is 936. The fraction of sp³-hybridized carbons (Fsp3) is 0.333. The lowest BCUT2D eigenvalue weighted by Crippen LogP contribution is -3.09. The summed E-state index contributed by atoms with van der Waals surface area (Å²) < 4.78 is 10.6. The van der Waals surface area contributed by atoms with Crippen LogP contribution in [-0.2, 0) is 16.9 Å². The molecular formula is C21H25ClN3O4+. The number of hydrogen-bond donors (Lipinski definition) is 2. The van der Waals surface area contributed by atoms with Crippen molar-refractivity contribution in [2.75, 3.05) is 27.9 Å². The van der Waals surface area contributed by atoms with Crippen LogP contribution >= 0.6 is 11.6 Å². The molecule has 0 bridgehead atoms. The summed E-state index contributed by atoms with van der Waals surface area (Å²) in [4.78, 5) is 27.9. The maximum Gasteiger partial charge on any atom is 0.329 e.